The highest BCUT2D eigenvalue weighted by Gasteiger charge is 2.24. The Morgan fingerprint density at radius 2 is 1.75 bits per heavy atom. The Morgan fingerprint density at radius 3 is 2.43 bits per heavy atom. The molecule has 3 rings (SSSR count). The molecule has 1 aliphatic heterocycles. The number of oxime groups is 1. The molecule has 5 nitrogen and oxygen atoms in total. The molecule has 5 heteroatoms. The number of nitrogens with zero attached hydrogens (tertiary/aromatic N) is 1. The van der Waals surface area contributed by atoms with Crippen molar-refractivity contribution in [3.8, 4) is 11.5 Å². The maximum Gasteiger partial charge on any atom is 0.308 e. The summed E-state index contributed by atoms with van der Waals surface area (Å²) < 4.78 is 10.9. The number of ether oxygens (including phenoxy) is 2. The molecule has 0 amide bonds. The van der Waals surface area contributed by atoms with Gasteiger partial charge in [-0.15, -0.1) is 0 Å². The predicted molar refractivity (Wildman–Crippen MR) is 109 cm³/mol. The maximum atomic E-state index is 11.0. The smallest absolute Gasteiger partial charge is 0.308 e. The summed E-state index contributed by atoms with van der Waals surface area (Å²) in [5, 5.41) is 4.25. The summed E-state index contributed by atoms with van der Waals surface area (Å²) in [5.41, 5.74) is 2.96. The van der Waals surface area contributed by atoms with Gasteiger partial charge in [0, 0.05) is 13.3 Å². The molecule has 1 atom stereocenters. The van der Waals surface area contributed by atoms with E-state index in [1.54, 1.807) is 12.1 Å². The van der Waals surface area contributed by atoms with Crippen molar-refractivity contribution in [2.24, 2.45) is 5.16 Å². The van der Waals surface area contributed by atoms with Crippen LogP contribution in [-0.2, 0) is 9.63 Å². The Kier molecular flexibility index (Phi) is 7.06. The van der Waals surface area contributed by atoms with E-state index < -0.39 is 0 Å². The zero-order chi connectivity index (χ0) is 19.8. The lowest BCUT2D eigenvalue weighted by molar-refractivity contribution is -0.131. The Hall–Kier alpha value is -2.82. The number of carbonyl (C=O) groups excluding carboxylic acids is 1. The summed E-state index contributed by atoms with van der Waals surface area (Å²) >= 11 is 0. The molecule has 0 radical (unpaired) electrons. The standard InChI is InChI=1S/C23H27NO4/c1-3-4-5-6-15-26-20-11-7-18(8-12-20)22-16-23(28-24-22)19-9-13-21(14-10-19)27-17(2)25/h7-14,23H,3-6,15-16H2,1-2H3. The second-order valence-electron chi connectivity index (χ2n) is 6.93. The molecular formula is C23H27NO4. The molecule has 0 saturated heterocycles. The number of carbonyl (C=O) groups is 1. The van der Waals surface area contributed by atoms with Crippen molar-refractivity contribution in [2.45, 2.75) is 52.1 Å². The third kappa shape index (κ3) is 5.59. The van der Waals surface area contributed by atoms with Gasteiger partial charge in [-0.3, -0.25) is 4.79 Å². The summed E-state index contributed by atoms with van der Waals surface area (Å²) in [4.78, 5) is 16.6. The molecule has 0 N–H and O–H groups in total. The number of esters is 1. The van der Waals surface area contributed by atoms with Crippen molar-refractivity contribution in [3.63, 3.8) is 0 Å². The third-order valence-corrected chi connectivity index (χ3v) is 4.64. The van der Waals surface area contributed by atoms with Crippen molar-refractivity contribution in [1.82, 2.24) is 0 Å². The third-order valence-electron chi connectivity index (χ3n) is 4.64. The van der Waals surface area contributed by atoms with Crippen LogP contribution >= 0.6 is 0 Å². The van der Waals surface area contributed by atoms with Crippen molar-refractivity contribution >= 4 is 11.7 Å². The number of rotatable bonds is 9. The molecule has 148 valence electrons. The zero-order valence-electron chi connectivity index (χ0n) is 16.5. The summed E-state index contributed by atoms with van der Waals surface area (Å²) in [5.74, 6) is 1.09. The molecule has 2 aromatic rings. The quantitative estimate of drug-likeness (QED) is 0.330. The van der Waals surface area contributed by atoms with Gasteiger partial charge < -0.3 is 14.3 Å². The molecule has 28 heavy (non-hydrogen) atoms. The van der Waals surface area contributed by atoms with E-state index in [4.69, 9.17) is 14.3 Å². The lowest BCUT2D eigenvalue weighted by Crippen LogP contribution is -2.03. The highest BCUT2D eigenvalue weighted by molar-refractivity contribution is 6.01. The van der Waals surface area contributed by atoms with Gasteiger partial charge in [-0.25, -0.2) is 0 Å². The molecule has 0 bridgehead atoms. The van der Waals surface area contributed by atoms with Crippen LogP contribution in [0.1, 0.15) is 63.2 Å². The molecule has 0 fully saturated rings. The fourth-order valence-corrected chi connectivity index (χ4v) is 3.11. The van der Waals surface area contributed by atoms with Gasteiger partial charge in [-0.2, -0.15) is 0 Å². The Bertz CT molecular complexity index is 796. The first kappa shape index (κ1) is 19.9. The van der Waals surface area contributed by atoms with Crippen LogP contribution in [0.2, 0.25) is 0 Å². The largest absolute Gasteiger partial charge is 0.494 e. The second kappa shape index (κ2) is 9.93. The maximum absolute atomic E-state index is 11.0. The minimum Gasteiger partial charge on any atom is -0.494 e. The van der Waals surface area contributed by atoms with E-state index in [0.717, 1.165) is 35.6 Å². The molecule has 1 unspecified atom stereocenters. The van der Waals surface area contributed by atoms with Crippen LogP contribution in [-0.4, -0.2) is 18.3 Å². The molecule has 1 aliphatic rings. The number of benzene rings is 2. The molecule has 0 aliphatic carbocycles. The van der Waals surface area contributed by atoms with E-state index in [-0.39, 0.29) is 12.1 Å². The fourth-order valence-electron chi connectivity index (χ4n) is 3.11. The van der Waals surface area contributed by atoms with Gasteiger partial charge in [0.1, 0.15) is 11.5 Å². The van der Waals surface area contributed by atoms with Crippen molar-refractivity contribution in [3.05, 3.63) is 59.7 Å². The van der Waals surface area contributed by atoms with E-state index >= 15 is 0 Å². The molecule has 2 aromatic carbocycles. The number of unbranched alkanes of at least 4 members (excludes halogenated alkanes) is 3. The zero-order valence-corrected chi connectivity index (χ0v) is 16.5. The topological polar surface area (TPSA) is 57.1 Å². The Balaban J connectivity index is 1.51. The summed E-state index contributed by atoms with van der Waals surface area (Å²) in [6.07, 6.45) is 5.37. The molecule has 0 saturated carbocycles. The normalized spacial score (nSPS) is 15.6. The highest BCUT2D eigenvalue weighted by atomic mass is 16.6. The summed E-state index contributed by atoms with van der Waals surface area (Å²) in [6.45, 7) is 4.35. The molecule has 1 heterocycles. The van der Waals surface area contributed by atoms with Crippen LogP contribution in [0.3, 0.4) is 0 Å². The van der Waals surface area contributed by atoms with E-state index in [9.17, 15) is 4.79 Å². The molecular weight excluding hydrogens is 354 g/mol. The minimum atomic E-state index is -0.330. The summed E-state index contributed by atoms with van der Waals surface area (Å²) in [7, 11) is 0. The van der Waals surface area contributed by atoms with Crippen LogP contribution in [0.25, 0.3) is 0 Å². The van der Waals surface area contributed by atoms with Crippen LogP contribution in [0.4, 0.5) is 0 Å². The number of hydrogen-bond acceptors (Lipinski definition) is 5. The SMILES string of the molecule is CCCCCCOc1ccc(C2=NOC(c3ccc(OC(C)=O)cc3)C2)cc1. The molecule has 0 aromatic heterocycles. The first-order valence-corrected chi connectivity index (χ1v) is 9.90. The summed E-state index contributed by atoms with van der Waals surface area (Å²) in [6, 6.07) is 15.4. The first-order chi connectivity index (χ1) is 13.7. The Labute approximate surface area is 166 Å². The van der Waals surface area contributed by atoms with Gasteiger partial charge in [0.2, 0.25) is 0 Å². The van der Waals surface area contributed by atoms with Crippen molar-refractivity contribution in [1.29, 1.82) is 0 Å². The monoisotopic (exact) mass is 381 g/mol. The Morgan fingerprint density at radius 1 is 1.04 bits per heavy atom. The van der Waals surface area contributed by atoms with Crippen LogP contribution in [0.15, 0.2) is 53.7 Å². The van der Waals surface area contributed by atoms with Crippen LogP contribution in [0, 0.1) is 0 Å². The van der Waals surface area contributed by atoms with E-state index in [1.165, 1.54) is 26.2 Å². The van der Waals surface area contributed by atoms with Gasteiger partial charge >= 0.3 is 5.97 Å². The lowest BCUT2D eigenvalue weighted by Gasteiger charge is -2.09. The minimum absolute atomic E-state index is 0.129. The van der Waals surface area contributed by atoms with Crippen molar-refractivity contribution < 1.29 is 19.1 Å². The van der Waals surface area contributed by atoms with Gasteiger partial charge in [0.25, 0.3) is 0 Å². The first-order valence-electron chi connectivity index (χ1n) is 9.90. The van der Waals surface area contributed by atoms with Gasteiger partial charge in [0.15, 0.2) is 6.10 Å². The van der Waals surface area contributed by atoms with E-state index in [1.807, 2.05) is 36.4 Å². The average molecular weight is 381 g/mol. The lowest BCUT2D eigenvalue weighted by atomic mass is 10.0. The average Bonchev–Trinajstić information content (AvgIpc) is 3.19. The number of hydrogen-bond donors (Lipinski definition) is 0. The van der Waals surface area contributed by atoms with Crippen LogP contribution in [0.5, 0.6) is 11.5 Å². The van der Waals surface area contributed by atoms with Gasteiger partial charge in [-0.05, 0) is 53.9 Å². The second-order valence-corrected chi connectivity index (χ2v) is 6.93. The van der Waals surface area contributed by atoms with Crippen molar-refractivity contribution in [2.75, 3.05) is 6.61 Å². The van der Waals surface area contributed by atoms with E-state index in [2.05, 4.69) is 12.1 Å². The van der Waals surface area contributed by atoms with Gasteiger partial charge in [0.05, 0.1) is 12.3 Å². The molecule has 0 spiro atoms. The van der Waals surface area contributed by atoms with Crippen LogP contribution < -0.4 is 9.47 Å². The van der Waals surface area contributed by atoms with E-state index in [0.29, 0.717) is 12.2 Å². The highest BCUT2D eigenvalue weighted by Crippen LogP contribution is 2.31. The van der Waals surface area contributed by atoms with Gasteiger partial charge in [-0.1, -0.05) is 43.5 Å². The predicted octanol–water partition coefficient (Wildman–Crippen LogP) is 5.44. The fraction of sp³-hybridized carbons (Fsp3) is 0.391.